The second-order valence-electron chi connectivity index (χ2n) is 3.27. The number of aromatic nitrogens is 1. The Morgan fingerprint density at radius 1 is 1.67 bits per heavy atom. The molecule has 1 atom stereocenters. The van der Waals surface area contributed by atoms with Crippen molar-refractivity contribution in [3.05, 3.63) is 34.2 Å². The molecule has 82 valence electrons. The number of carbonyl (C=O) groups excluding carboxylic acids is 1. The molecule has 1 heterocycles. The topological polar surface area (TPSA) is 62.0 Å². The van der Waals surface area contributed by atoms with Crippen molar-refractivity contribution in [3.63, 3.8) is 0 Å². The maximum absolute atomic E-state index is 11.6. The third kappa shape index (κ3) is 3.51. The zero-order valence-corrected chi connectivity index (χ0v) is 10.0. The average molecular weight is 273 g/mol. The Balaban J connectivity index is 2.70. The lowest BCUT2D eigenvalue weighted by atomic mass is 10.2. The van der Waals surface area contributed by atoms with Crippen molar-refractivity contribution in [1.29, 1.82) is 0 Å². The molecule has 0 radical (unpaired) electrons. The van der Waals surface area contributed by atoms with Gasteiger partial charge in [-0.1, -0.05) is 15.9 Å². The predicted octanol–water partition coefficient (Wildman–Crippen LogP) is 1.28. The summed E-state index contributed by atoms with van der Waals surface area (Å²) < 4.78 is 0. The van der Waals surface area contributed by atoms with E-state index in [9.17, 15) is 9.59 Å². The van der Waals surface area contributed by atoms with Crippen LogP contribution in [0, 0.1) is 0 Å². The Morgan fingerprint density at radius 3 is 3.00 bits per heavy atom. The van der Waals surface area contributed by atoms with Crippen molar-refractivity contribution < 1.29 is 4.79 Å². The van der Waals surface area contributed by atoms with Crippen molar-refractivity contribution in [2.24, 2.45) is 0 Å². The number of amides is 1. The molecule has 1 aromatic rings. The summed E-state index contributed by atoms with van der Waals surface area (Å²) in [6.07, 6.45) is 3.75. The number of alkyl halides is 1. The highest BCUT2D eigenvalue weighted by molar-refractivity contribution is 9.09. The number of hydrogen-bond acceptors (Lipinski definition) is 2. The van der Waals surface area contributed by atoms with Gasteiger partial charge in [0.25, 0.3) is 5.91 Å². The molecule has 0 aliphatic rings. The Kier molecular flexibility index (Phi) is 4.55. The third-order valence-electron chi connectivity index (χ3n) is 1.99. The van der Waals surface area contributed by atoms with Crippen molar-refractivity contribution in [2.75, 3.05) is 5.33 Å². The van der Waals surface area contributed by atoms with Crippen molar-refractivity contribution in [2.45, 2.75) is 19.4 Å². The first kappa shape index (κ1) is 12.0. The fourth-order valence-electron chi connectivity index (χ4n) is 1.13. The van der Waals surface area contributed by atoms with E-state index < -0.39 is 0 Å². The summed E-state index contributed by atoms with van der Waals surface area (Å²) in [5, 5.41) is 3.57. The summed E-state index contributed by atoms with van der Waals surface area (Å²) in [7, 11) is 0. The summed E-state index contributed by atoms with van der Waals surface area (Å²) in [5.41, 5.74) is -0.115. The van der Waals surface area contributed by atoms with Crippen LogP contribution in [0.15, 0.2) is 23.3 Å². The van der Waals surface area contributed by atoms with Crippen LogP contribution in [-0.2, 0) is 0 Å². The highest BCUT2D eigenvalue weighted by Gasteiger charge is 2.11. The van der Waals surface area contributed by atoms with Gasteiger partial charge < -0.3 is 10.3 Å². The summed E-state index contributed by atoms with van der Waals surface area (Å²) in [6.45, 7) is 1.90. The van der Waals surface area contributed by atoms with Crippen LogP contribution >= 0.6 is 15.9 Å². The second kappa shape index (κ2) is 5.70. The highest BCUT2D eigenvalue weighted by atomic mass is 79.9. The number of aromatic amines is 1. The number of nitrogens with one attached hydrogen (secondary N) is 2. The van der Waals surface area contributed by atoms with Crippen LogP contribution in [0.4, 0.5) is 0 Å². The molecule has 2 N–H and O–H groups in total. The minimum absolute atomic E-state index is 0.0523. The van der Waals surface area contributed by atoms with Gasteiger partial charge >= 0.3 is 0 Å². The van der Waals surface area contributed by atoms with Gasteiger partial charge in [-0.25, -0.2) is 0 Å². The zero-order valence-electron chi connectivity index (χ0n) is 8.42. The minimum Gasteiger partial charge on any atom is -0.367 e. The van der Waals surface area contributed by atoms with Gasteiger partial charge in [-0.3, -0.25) is 9.59 Å². The van der Waals surface area contributed by atoms with Crippen LogP contribution in [0.5, 0.6) is 0 Å². The molecule has 15 heavy (non-hydrogen) atoms. The highest BCUT2D eigenvalue weighted by Crippen LogP contribution is 1.96. The van der Waals surface area contributed by atoms with Crippen molar-refractivity contribution in [1.82, 2.24) is 10.3 Å². The van der Waals surface area contributed by atoms with E-state index in [-0.39, 0.29) is 22.9 Å². The largest absolute Gasteiger partial charge is 0.367 e. The van der Waals surface area contributed by atoms with Gasteiger partial charge in [0.15, 0.2) is 5.43 Å². The van der Waals surface area contributed by atoms with Crippen LogP contribution < -0.4 is 10.7 Å². The Bertz CT molecular complexity index is 389. The lowest BCUT2D eigenvalue weighted by molar-refractivity contribution is 0.0938. The Hall–Kier alpha value is -1.10. The fourth-order valence-corrected chi connectivity index (χ4v) is 1.82. The zero-order chi connectivity index (χ0) is 11.3. The van der Waals surface area contributed by atoms with Crippen LogP contribution in [0.1, 0.15) is 23.7 Å². The van der Waals surface area contributed by atoms with Gasteiger partial charge in [-0.05, 0) is 13.3 Å². The monoisotopic (exact) mass is 272 g/mol. The second-order valence-corrected chi connectivity index (χ2v) is 4.07. The number of pyridine rings is 1. The molecule has 5 heteroatoms. The van der Waals surface area contributed by atoms with E-state index in [2.05, 4.69) is 26.2 Å². The van der Waals surface area contributed by atoms with E-state index in [4.69, 9.17) is 0 Å². The van der Waals surface area contributed by atoms with Gasteiger partial charge in [0.05, 0.1) is 0 Å². The molecule has 0 aliphatic heterocycles. The molecule has 0 fully saturated rings. The smallest absolute Gasteiger partial charge is 0.256 e. The molecule has 1 amide bonds. The third-order valence-corrected chi connectivity index (χ3v) is 2.45. The standard InChI is InChI=1S/C10H13BrN2O2/c1-7(2-4-11)13-10(15)8-6-12-5-3-9(8)14/h3,5-7H,2,4H2,1H3,(H,12,14)(H,13,15). The van der Waals surface area contributed by atoms with E-state index in [1.54, 1.807) is 0 Å². The first-order valence-electron chi connectivity index (χ1n) is 4.69. The molecule has 4 nitrogen and oxygen atoms in total. The number of H-pyrrole nitrogens is 1. The summed E-state index contributed by atoms with van der Waals surface area (Å²) >= 11 is 3.29. The number of hydrogen-bond donors (Lipinski definition) is 2. The summed E-state index contributed by atoms with van der Waals surface area (Å²) in [6, 6.07) is 1.39. The van der Waals surface area contributed by atoms with E-state index in [0.29, 0.717) is 0 Å². The van der Waals surface area contributed by atoms with Crippen LogP contribution in [-0.4, -0.2) is 22.3 Å². The number of halogens is 1. The predicted molar refractivity (Wildman–Crippen MR) is 62.4 cm³/mol. The SMILES string of the molecule is CC(CCBr)NC(=O)c1c[nH]ccc1=O. The fraction of sp³-hybridized carbons (Fsp3) is 0.400. The maximum Gasteiger partial charge on any atom is 0.256 e. The van der Waals surface area contributed by atoms with Crippen molar-refractivity contribution in [3.8, 4) is 0 Å². The van der Waals surface area contributed by atoms with Crippen molar-refractivity contribution >= 4 is 21.8 Å². The first-order valence-corrected chi connectivity index (χ1v) is 5.81. The van der Waals surface area contributed by atoms with E-state index in [1.807, 2.05) is 6.92 Å². The van der Waals surface area contributed by atoms with Gasteiger partial charge in [0.1, 0.15) is 5.56 Å². The van der Waals surface area contributed by atoms with Crippen LogP contribution in [0.3, 0.4) is 0 Å². The lowest BCUT2D eigenvalue weighted by Crippen LogP contribution is -2.35. The van der Waals surface area contributed by atoms with Crippen LogP contribution in [0.25, 0.3) is 0 Å². The molecular formula is C10H13BrN2O2. The number of rotatable bonds is 4. The van der Waals surface area contributed by atoms with Gasteiger partial charge in [0, 0.05) is 29.8 Å². The minimum atomic E-state index is -0.328. The van der Waals surface area contributed by atoms with Gasteiger partial charge in [-0.2, -0.15) is 0 Å². The van der Waals surface area contributed by atoms with Gasteiger partial charge in [0.2, 0.25) is 0 Å². The molecule has 1 unspecified atom stereocenters. The van der Waals surface area contributed by atoms with E-state index in [1.165, 1.54) is 18.5 Å². The van der Waals surface area contributed by atoms with Crippen LogP contribution in [0.2, 0.25) is 0 Å². The lowest BCUT2D eigenvalue weighted by Gasteiger charge is -2.11. The first-order chi connectivity index (χ1) is 7.15. The molecule has 0 saturated heterocycles. The number of carbonyl (C=O) groups is 1. The Morgan fingerprint density at radius 2 is 2.40 bits per heavy atom. The molecule has 0 aliphatic carbocycles. The molecule has 1 aromatic heterocycles. The molecule has 0 aromatic carbocycles. The van der Waals surface area contributed by atoms with E-state index >= 15 is 0 Å². The molecule has 0 bridgehead atoms. The summed E-state index contributed by atoms with van der Waals surface area (Å²) in [5.74, 6) is -0.328. The summed E-state index contributed by atoms with van der Waals surface area (Å²) in [4.78, 5) is 25.6. The molecule has 0 spiro atoms. The Labute approximate surface area is 96.2 Å². The molecule has 0 saturated carbocycles. The average Bonchev–Trinajstić information content (AvgIpc) is 2.18. The van der Waals surface area contributed by atoms with Gasteiger partial charge in [-0.15, -0.1) is 0 Å². The normalized spacial score (nSPS) is 12.1. The van der Waals surface area contributed by atoms with E-state index in [0.717, 1.165) is 11.8 Å². The molecule has 1 rings (SSSR count). The maximum atomic E-state index is 11.6. The quantitative estimate of drug-likeness (QED) is 0.812. The molecular weight excluding hydrogens is 260 g/mol.